The van der Waals surface area contributed by atoms with Crippen LogP contribution in [0.3, 0.4) is 0 Å². The Hall–Kier alpha value is -2.09. The fourth-order valence-electron chi connectivity index (χ4n) is 2.93. The molecule has 2 nitrogen and oxygen atoms in total. The molecule has 3 aromatic carbocycles. The molecule has 3 heteroatoms. The number of hydrogen-bond donors (Lipinski definition) is 0. The Morgan fingerprint density at radius 2 is 1.13 bits per heavy atom. The molecule has 117 valence electrons. The second kappa shape index (κ2) is 6.57. The van der Waals surface area contributed by atoms with Crippen LogP contribution >= 0.6 is 0 Å². The summed E-state index contributed by atoms with van der Waals surface area (Å²) >= 11 is 0. The molecule has 0 N–H and O–H groups in total. The third-order valence-corrected chi connectivity index (χ3v) is 4.04. The minimum absolute atomic E-state index is 0. The van der Waals surface area contributed by atoms with E-state index in [1.165, 1.54) is 28.3 Å². The molecule has 1 radical (unpaired) electrons. The summed E-state index contributed by atoms with van der Waals surface area (Å²) in [7, 11) is 0. The zero-order valence-corrected chi connectivity index (χ0v) is 15.2. The van der Waals surface area contributed by atoms with Gasteiger partial charge in [0.05, 0.1) is 0 Å². The van der Waals surface area contributed by atoms with E-state index in [0.717, 1.165) is 0 Å². The van der Waals surface area contributed by atoms with Gasteiger partial charge in [0, 0.05) is 42.9 Å². The van der Waals surface area contributed by atoms with Crippen LogP contribution in [0.2, 0.25) is 0 Å². The zero-order chi connectivity index (χ0) is 14.9. The summed E-state index contributed by atoms with van der Waals surface area (Å²) in [4.78, 5) is 4.50. The van der Waals surface area contributed by atoms with Gasteiger partial charge in [-0.15, -0.1) is 6.67 Å². The van der Waals surface area contributed by atoms with E-state index < -0.39 is 0 Å². The van der Waals surface area contributed by atoms with Crippen molar-refractivity contribution in [1.29, 1.82) is 0 Å². The van der Waals surface area contributed by atoms with E-state index in [1.807, 2.05) is 6.07 Å². The van der Waals surface area contributed by atoms with E-state index >= 15 is 0 Å². The topological polar surface area (TPSA) is 6.48 Å². The van der Waals surface area contributed by atoms with Crippen molar-refractivity contribution in [3.63, 3.8) is 0 Å². The Kier molecular flexibility index (Phi) is 4.51. The number of benzene rings is 3. The van der Waals surface area contributed by atoms with Crippen molar-refractivity contribution in [2.24, 2.45) is 0 Å². The number of nitrogens with zero attached hydrogens (tertiary/aromatic N) is 2. The van der Waals surface area contributed by atoms with Gasteiger partial charge in [-0.25, -0.2) is 0 Å². The van der Waals surface area contributed by atoms with E-state index in [2.05, 4.69) is 96.2 Å². The third-order valence-electron chi connectivity index (χ3n) is 4.04. The molecule has 3 aromatic rings. The van der Waals surface area contributed by atoms with Crippen molar-refractivity contribution >= 4 is 22.7 Å². The predicted molar refractivity (Wildman–Crippen MR) is 92.6 cm³/mol. The molecule has 0 amide bonds. The van der Waals surface area contributed by atoms with Gasteiger partial charge >= 0.3 is 0 Å². The van der Waals surface area contributed by atoms with Crippen LogP contribution in [0.15, 0.2) is 78.9 Å². The minimum atomic E-state index is 0. The Bertz CT molecular complexity index is 802. The van der Waals surface area contributed by atoms with Crippen LogP contribution in [0.5, 0.6) is 0 Å². The Labute approximate surface area is 150 Å². The predicted octanol–water partition coefficient (Wildman–Crippen LogP) is 5.40. The summed E-state index contributed by atoms with van der Waals surface area (Å²) in [5.41, 5.74) is 6.07. The molecule has 0 saturated carbocycles. The molecule has 4 rings (SSSR count). The quantitative estimate of drug-likeness (QED) is 0.456. The number of hydrogen-bond acceptors (Lipinski definition) is 2. The van der Waals surface area contributed by atoms with Crippen LogP contribution in [0.4, 0.5) is 22.7 Å². The van der Waals surface area contributed by atoms with Gasteiger partial charge in [-0.05, 0) is 42.8 Å². The monoisotopic (exact) mass is 478 g/mol. The van der Waals surface area contributed by atoms with Crippen LogP contribution in [0.25, 0.3) is 0 Å². The summed E-state index contributed by atoms with van der Waals surface area (Å²) in [6, 6.07) is 27.4. The summed E-state index contributed by atoms with van der Waals surface area (Å²) in [5.74, 6) is 0. The first-order valence-corrected chi connectivity index (χ1v) is 7.48. The molecule has 1 aliphatic heterocycles. The van der Waals surface area contributed by atoms with Crippen LogP contribution < -0.4 is 9.80 Å². The summed E-state index contributed by atoms with van der Waals surface area (Å²) < 4.78 is 0. The first-order valence-electron chi connectivity index (χ1n) is 7.48. The first kappa shape index (κ1) is 15.8. The number of fused-ring (bicyclic) bond motifs is 1. The Morgan fingerprint density at radius 3 is 1.78 bits per heavy atom. The average molecular weight is 478 g/mol. The van der Waals surface area contributed by atoms with Crippen molar-refractivity contribution in [3.05, 3.63) is 91.1 Å². The van der Waals surface area contributed by atoms with Crippen LogP contribution in [-0.2, 0) is 20.1 Å². The Balaban J connectivity index is 0.00000156. The smallest absolute Gasteiger partial charge is 0.0345 e. The van der Waals surface area contributed by atoms with Gasteiger partial charge in [0.1, 0.15) is 0 Å². The van der Waals surface area contributed by atoms with Gasteiger partial charge in [0.15, 0.2) is 0 Å². The minimum Gasteiger partial charge on any atom is -0.473 e. The molecule has 0 saturated heterocycles. The van der Waals surface area contributed by atoms with E-state index in [0.29, 0.717) is 0 Å². The molecule has 1 heterocycles. The zero-order valence-electron chi connectivity index (χ0n) is 12.8. The summed E-state index contributed by atoms with van der Waals surface area (Å²) in [6.45, 7) is 4.32. The van der Waals surface area contributed by atoms with Crippen molar-refractivity contribution < 1.29 is 20.1 Å². The van der Waals surface area contributed by atoms with Crippen molar-refractivity contribution in [2.45, 2.75) is 6.92 Å². The molecular formula is C20H17IrN2-. The maximum absolute atomic E-state index is 2.26. The Morgan fingerprint density at radius 1 is 0.609 bits per heavy atom. The molecule has 1 aliphatic rings. The SMILES string of the molecule is Cc1ccccc1N1[CH-]N(c2ccccc2)c2ccccc21.[Ir]. The molecule has 0 aliphatic carbocycles. The molecule has 0 atom stereocenters. The summed E-state index contributed by atoms with van der Waals surface area (Å²) in [5, 5.41) is 0. The second-order valence-corrected chi connectivity index (χ2v) is 5.47. The van der Waals surface area contributed by atoms with Crippen LogP contribution in [-0.4, -0.2) is 0 Å². The maximum Gasteiger partial charge on any atom is 0.0345 e. The fraction of sp³-hybridized carbons (Fsp3) is 0.0500. The second-order valence-electron chi connectivity index (χ2n) is 5.47. The van der Waals surface area contributed by atoms with E-state index in [1.54, 1.807) is 0 Å². The maximum atomic E-state index is 2.26. The molecule has 0 spiro atoms. The molecule has 0 bridgehead atoms. The standard InChI is InChI=1S/C20H17N2.Ir/c1-16-9-5-6-12-18(16)22-15-21(17-10-3-2-4-11-17)19-13-7-8-14-20(19)22;/h2-15H,1H3;/q-1;. The number of rotatable bonds is 2. The molecular weight excluding hydrogens is 460 g/mol. The number of para-hydroxylation sites is 4. The third kappa shape index (κ3) is 2.78. The fourth-order valence-corrected chi connectivity index (χ4v) is 2.93. The normalized spacial score (nSPS) is 12.7. The molecule has 0 fully saturated rings. The molecule has 0 aromatic heterocycles. The van der Waals surface area contributed by atoms with Gasteiger partial charge in [-0.3, -0.25) is 0 Å². The average Bonchev–Trinajstić information content (AvgIpc) is 2.96. The van der Waals surface area contributed by atoms with Crippen LogP contribution in [0.1, 0.15) is 5.56 Å². The largest absolute Gasteiger partial charge is 0.473 e. The molecule has 0 unspecified atom stereocenters. The van der Waals surface area contributed by atoms with Crippen molar-refractivity contribution in [2.75, 3.05) is 9.80 Å². The van der Waals surface area contributed by atoms with E-state index in [9.17, 15) is 0 Å². The van der Waals surface area contributed by atoms with Gasteiger partial charge in [-0.1, -0.05) is 48.5 Å². The van der Waals surface area contributed by atoms with Gasteiger partial charge in [-0.2, -0.15) is 0 Å². The van der Waals surface area contributed by atoms with Gasteiger partial charge < -0.3 is 9.80 Å². The van der Waals surface area contributed by atoms with Crippen LogP contribution in [0, 0.1) is 13.6 Å². The van der Waals surface area contributed by atoms with E-state index in [-0.39, 0.29) is 20.1 Å². The van der Waals surface area contributed by atoms with Crippen molar-refractivity contribution in [3.8, 4) is 0 Å². The summed E-state index contributed by atoms with van der Waals surface area (Å²) in [6.07, 6.45) is 0. The first-order chi connectivity index (χ1) is 10.8. The molecule has 23 heavy (non-hydrogen) atoms. The van der Waals surface area contributed by atoms with Crippen molar-refractivity contribution in [1.82, 2.24) is 0 Å². The van der Waals surface area contributed by atoms with Gasteiger partial charge in [0.2, 0.25) is 0 Å². The number of aryl methyl sites for hydroxylation is 1. The number of anilines is 4. The van der Waals surface area contributed by atoms with E-state index in [4.69, 9.17) is 0 Å². The van der Waals surface area contributed by atoms with Gasteiger partial charge in [0.25, 0.3) is 0 Å².